The average Bonchev–Trinajstić information content (AvgIpc) is 2.38. The van der Waals surface area contributed by atoms with Gasteiger partial charge in [-0.1, -0.05) is 24.9 Å². The third kappa shape index (κ3) is 2.64. The van der Waals surface area contributed by atoms with Crippen LogP contribution in [0.3, 0.4) is 0 Å². The molecule has 1 aromatic rings. The zero-order valence-corrected chi connectivity index (χ0v) is 11.6. The maximum atomic E-state index is 11.2. The lowest BCUT2D eigenvalue weighted by Crippen LogP contribution is -2.36. The lowest BCUT2D eigenvalue weighted by molar-refractivity contribution is 0.112. The van der Waals surface area contributed by atoms with Crippen LogP contribution < -0.4 is 4.90 Å². The Kier molecular flexibility index (Phi) is 4.17. The van der Waals surface area contributed by atoms with Crippen molar-refractivity contribution in [1.29, 1.82) is 0 Å². The number of carbonyl (C=O) groups is 1. The van der Waals surface area contributed by atoms with E-state index in [1.807, 2.05) is 0 Å². The minimum absolute atomic E-state index is 0.256. The number of aldehydes is 1. The second-order valence-corrected chi connectivity index (χ2v) is 5.14. The van der Waals surface area contributed by atoms with Gasteiger partial charge < -0.3 is 4.90 Å². The molecule has 1 atom stereocenters. The highest BCUT2D eigenvalue weighted by Gasteiger charge is 2.23. The van der Waals surface area contributed by atoms with Crippen LogP contribution in [0.1, 0.15) is 42.4 Å². The van der Waals surface area contributed by atoms with Gasteiger partial charge in [-0.05, 0) is 25.7 Å². The van der Waals surface area contributed by atoms with Gasteiger partial charge in [0, 0.05) is 13.1 Å². The summed E-state index contributed by atoms with van der Waals surface area (Å²) in [6.45, 7) is 5.88. The fourth-order valence-electron chi connectivity index (χ4n) is 2.47. The topological polar surface area (TPSA) is 46.1 Å². The fourth-order valence-corrected chi connectivity index (χ4v) is 2.72. The van der Waals surface area contributed by atoms with E-state index < -0.39 is 0 Å². The molecule has 0 aliphatic carbocycles. The van der Waals surface area contributed by atoms with E-state index in [1.54, 1.807) is 6.92 Å². The molecule has 4 nitrogen and oxygen atoms in total. The zero-order chi connectivity index (χ0) is 13.1. The molecule has 1 fully saturated rings. The SMILES string of the molecule is CCC1CCCN(c2nc(C)nc(Cl)c2C=O)C1. The third-order valence-electron chi connectivity index (χ3n) is 3.50. The molecular formula is C13H18ClN3O. The second kappa shape index (κ2) is 5.65. The number of carbonyl (C=O) groups excluding carboxylic acids is 1. The van der Waals surface area contributed by atoms with Gasteiger partial charge in [0.05, 0.1) is 5.56 Å². The number of nitrogens with zero attached hydrogens (tertiary/aromatic N) is 3. The second-order valence-electron chi connectivity index (χ2n) is 4.78. The van der Waals surface area contributed by atoms with Crippen LogP contribution >= 0.6 is 11.6 Å². The molecule has 1 aromatic heterocycles. The van der Waals surface area contributed by atoms with Gasteiger partial charge in [0.15, 0.2) is 6.29 Å². The quantitative estimate of drug-likeness (QED) is 0.624. The third-order valence-corrected chi connectivity index (χ3v) is 3.79. The molecule has 2 rings (SSSR count). The first-order chi connectivity index (χ1) is 8.65. The fraction of sp³-hybridized carbons (Fsp3) is 0.615. The van der Waals surface area contributed by atoms with Crippen molar-refractivity contribution in [3.05, 3.63) is 16.5 Å². The summed E-state index contributed by atoms with van der Waals surface area (Å²) in [4.78, 5) is 21.8. The molecule has 0 aromatic carbocycles. The number of hydrogen-bond donors (Lipinski definition) is 0. The van der Waals surface area contributed by atoms with Crippen LogP contribution in [0.15, 0.2) is 0 Å². The zero-order valence-electron chi connectivity index (χ0n) is 10.8. The Morgan fingerprint density at radius 1 is 1.50 bits per heavy atom. The number of hydrogen-bond acceptors (Lipinski definition) is 4. The molecule has 0 amide bonds. The number of aryl methyl sites for hydroxylation is 1. The van der Waals surface area contributed by atoms with Crippen LogP contribution in [0.25, 0.3) is 0 Å². The van der Waals surface area contributed by atoms with Crippen molar-refractivity contribution in [3.8, 4) is 0 Å². The van der Waals surface area contributed by atoms with Crippen molar-refractivity contribution < 1.29 is 4.79 Å². The number of rotatable bonds is 3. The molecule has 98 valence electrons. The molecule has 1 aliphatic heterocycles. The lowest BCUT2D eigenvalue weighted by atomic mass is 9.95. The molecule has 0 N–H and O–H groups in total. The molecule has 0 radical (unpaired) electrons. The summed E-state index contributed by atoms with van der Waals surface area (Å²) < 4.78 is 0. The number of piperidine rings is 1. The highest BCUT2D eigenvalue weighted by Crippen LogP contribution is 2.28. The Morgan fingerprint density at radius 2 is 2.28 bits per heavy atom. The van der Waals surface area contributed by atoms with Gasteiger partial charge in [0.25, 0.3) is 0 Å². The summed E-state index contributed by atoms with van der Waals surface area (Å²) >= 11 is 6.02. The van der Waals surface area contributed by atoms with Gasteiger partial charge in [-0.15, -0.1) is 0 Å². The Balaban J connectivity index is 2.34. The van der Waals surface area contributed by atoms with Gasteiger partial charge in [0.2, 0.25) is 0 Å². The highest BCUT2D eigenvalue weighted by atomic mass is 35.5. The Morgan fingerprint density at radius 3 is 2.94 bits per heavy atom. The molecular weight excluding hydrogens is 250 g/mol. The van der Waals surface area contributed by atoms with Crippen molar-refractivity contribution >= 4 is 23.7 Å². The maximum absolute atomic E-state index is 11.2. The van der Waals surface area contributed by atoms with Crippen LogP contribution in [0, 0.1) is 12.8 Å². The van der Waals surface area contributed by atoms with Crippen LogP contribution in [-0.2, 0) is 0 Å². The van der Waals surface area contributed by atoms with Crippen LogP contribution in [-0.4, -0.2) is 29.3 Å². The molecule has 1 saturated heterocycles. The van der Waals surface area contributed by atoms with Crippen molar-refractivity contribution in [2.75, 3.05) is 18.0 Å². The van der Waals surface area contributed by atoms with Gasteiger partial charge >= 0.3 is 0 Å². The first kappa shape index (κ1) is 13.3. The van der Waals surface area contributed by atoms with Gasteiger partial charge in [-0.25, -0.2) is 9.97 Å². The van der Waals surface area contributed by atoms with E-state index in [4.69, 9.17) is 11.6 Å². The predicted octanol–water partition coefficient (Wildman–Crippen LogP) is 2.88. The number of halogens is 1. The normalized spacial score (nSPS) is 19.9. The molecule has 5 heteroatoms. The highest BCUT2D eigenvalue weighted by molar-refractivity contribution is 6.32. The van der Waals surface area contributed by atoms with Crippen LogP contribution in [0.5, 0.6) is 0 Å². The molecule has 18 heavy (non-hydrogen) atoms. The monoisotopic (exact) mass is 267 g/mol. The maximum Gasteiger partial charge on any atom is 0.156 e. The van der Waals surface area contributed by atoms with Gasteiger partial charge in [-0.2, -0.15) is 0 Å². The Hall–Kier alpha value is -1.16. The lowest BCUT2D eigenvalue weighted by Gasteiger charge is -2.33. The van der Waals surface area contributed by atoms with Gasteiger partial charge in [0.1, 0.15) is 16.8 Å². The minimum atomic E-state index is 0.256. The Bertz CT molecular complexity index is 450. The van der Waals surface area contributed by atoms with E-state index in [9.17, 15) is 4.79 Å². The summed E-state index contributed by atoms with van der Waals surface area (Å²) in [5.41, 5.74) is 0.416. The molecule has 0 spiro atoms. The minimum Gasteiger partial charge on any atom is -0.356 e. The smallest absolute Gasteiger partial charge is 0.156 e. The first-order valence-corrected chi connectivity index (χ1v) is 6.77. The van der Waals surface area contributed by atoms with E-state index >= 15 is 0 Å². The summed E-state index contributed by atoms with van der Waals surface area (Å²) in [5.74, 6) is 1.98. The van der Waals surface area contributed by atoms with Gasteiger partial charge in [-0.3, -0.25) is 4.79 Å². The molecule has 1 unspecified atom stereocenters. The molecule has 0 bridgehead atoms. The molecule has 0 saturated carbocycles. The molecule has 1 aliphatic rings. The van der Waals surface area contributed by atoms with Crippen molar-refractivity contribution in [3.63, 3.8) is 0 Å². The van der Waals surface area contributed by atoms with E-state index in [0.29, 0.717) is 23.1 Å². The molecule has 2 heterocycles. The summed E-state index contributed by atoms with van der Waals surface area (Å²) in [6, 6.07) is 0. The van der Waals surface area contributed by atoms with Crippen LogP contribution in [0.4, 0.5) is 5.82 Å². The van der Waals surface area contributed by atoms with Crippen molar-refractivity contribution in [1.82, 2.24) is 9.97 Å². The number of anilines is 1. The van der Waals surface area contributed by atoms with Crippen molar-refractivity contribution in [2.45, 2.75) is 33.1 Å². The van der Waals surface area contributed by atoms with Crippen LogP contribution in [0.2, 0.25) is 5.15 Å². The predicted molar refractivity (Wildman–Crippen MR) is 72.4 cm³/mol. The van der Waals surface area contributed by atoms with Crippen molar-refractivity contribution in [2.24, 2.45) is 5.92 Å². The average molecular weight is 268 g/mol. The van der Waals surface area contributed by atoms with E-state index in [1.165, 1.54) is 6.42 Å². The summed E-state index contributed by atoms with van der Waals surface area (Å²) in [7, 11) is 0. The summed E-state index contributed by atoms with van der Waals surface area (Å²) in [6.07, 6.45) is 4.30. The summed E-state index contributed by atoms with van der Waals surface area (Å²) in [5, 5.41) is 0.256. The Labute approximate surface area is 112 Å². The van der Waals surface area contributed by atoms with E-state index in [2.05, 4.69) is 21.8 Å². The van der Waals surface area contributed by atoms with E-state index in [0.717, 1.165) is 32.2 Å². The first-order valence-electron chi connectivity index (χ1n) is 6.40. The largest absolute Gasteiger partial charge is 0.356 e. The van der Waals surface area contributed by atoms with E-state index in [-0.39, 0.29) is 5.15 Å². The standard InChI is InChI=1S/C13H18ClN3O/c1-3-10-5-4-6-17(7-10)13-11(8-18)12(14)15-9(2)16-13/h8,10H,3-7H2,1-2H3. The number of aromatic nitrogens is 2.